The highest BCUT2D eigenvalue weighted by molar-refractivity contribution is 9.10. The molecule has 0 atom stereocenters. The van der Waals surface area contributed by atoms with E-state index in [2.05, 4.69) is 20.9 Å². The Kier molecular flexibility index (Phi) is 5.25. The summed E-state index contributed by atoms with van der Waals surface area (Å²) in [7, 11) is 1.41. The normalized spacial score (nSPS) is 10.8. The lowest BCUT2D eigenvalue weighted by Crippen LogP contribution is -2.21. The average Bonchev–Trinajstić information content (AvgIpc) is 2.62. The van der Waals surface area contributed by atoms with E-state index in [1.54, 1.807) is 12.1 Å². The highest BCUT2D eigenvalue weighted by Crippen LogP contribution is 2.15. The van der Waals surface area contributed by atoms with Gasteiger partial charge in [0.25, 0.3) is 0 Å². The maximum atomic E-state index is 12.6. The Bertz CT molecular complexity index is 984. The van der Waals surface area contributed by atoms with Gasteiger partial charge >= 0.3 is 5.97 Å². The molecule has 0 spiro atoms. The van der Waals surface area contributed by atoms with E-state index in [0.29, 0.717) is 11.9 Å². The van der Waals surface area contributed by atoms with Crippen molar-refractivity contribution in [1.82, 2.24) is 9.55 Å². The molecule has 2 aromatic heterocycles. The molecular formula is C18H15BrN2O4. The number of esters is 1. The van der Waals surface area contributed by atoms with Crippen molar-refractivity contribution in [2.24, 2.45) is 0 Å². The zero-order valence-electron chi connectivity index (χ0n) is 13.4. The lowest BCUT2D eigenvalue weighted by molar-refractivity contribution is -0.0126. The Morgan fingerprint density at radius 2 is 2.00 bits per heavy atom. The molecule has 7 heteroatoms. The highest BCUT2D eigenvalue weighted by Gasteiger charge is 2.17. The van der Waals surface area contributed by atoms with Gasteiger partial charge in [-0.3, -0.25) is 4.79 Å². The largest absolute Gasteiger partial charge is 0.435 e. The second-order valence-electron chi connectivity index (χ2n) is 5.31. The maximum absolute atomic E-state index is 12.6. The predicted molar refractivity (Wildman–Crippen MR) is 96.5 cm³/mol. The van der Waals surface area contributed by atoms with Crippen LogP contribution in [0.2, 0.25) is 0 Å². The molecule has 6 nitrogen and oxygen atoms in total. The van der Waals surface area contributed by atoms with Crippen molar-refractivity contribution in [1.29, 1.82) is 0 Å². The van der Waals surface area contributed by atoms with Crippen molar-refractivity contribution in [3.63, 3.8) is 0 Å². The molecule has 0 saturated heterocycles. The molecular weight excluding hydrogens is 388 g/mol. The van der Waals surface area contributed by atoms with Gasteiger partial charge in [0.2, 0.25) is 5.43 Å². The second kappa shape index (κ2) is 7.58. The zero-order chi connectivity index (χ0) is 17.8. The molecule has 0 N–H and O–H groups in total. The number of aromatic nitrogens is 2. The van der Waals surface area contributed by atoms with Crippen molar-refractivity contribution in [2.45, 2.75) is 6.54 Å². The molecule has 25 heavy (non-hydrogen) atoms. The van der Waals surface area contributed by atoms with E-state index in [4.69, 9.17) is 9.47 Å². The summed E-state index contributed by atoms with van der Waals surface area (Å²) >= 11 is 3.34. The van der Waals surface area contributed by atoms with Crippen LogP contribution in [0.25, 0.3) is 10.9 Å². The fourth-order valence-electron chi connectivity index (χ4n) is 2.52. The number of nitrogens with zero attached hydrogens (tertiary/aromatic N) is 2. The number of fused-ring (bicyclic) bond motifs is 1. The van der Waals surface area contributed by atoms with Crippen LogP contribution in [0.1, 0.15) is 16.1 Å². The number of benzene rings is 1. The van der Waals surface area contributed by atoms with E-state index >= 15 is 0 Å². The van der Waals surface area contributed by atoms with Gasteiger partial charge in [-0.15, -0.1) is 0 Å². The number of methoxy groups -OCH3 is 1. The lowest BCUT2D eigenvalue weighted by atomic mass is 10.1. The van der Waals surface area contributed by atoms with Gasteiger partial charge in [-0.2, -0.15) is 0 Å². The quantitative estimate of drug-likeness (QED) is 0.372. The van der Waals surface area contributed by atoms with Crippen molar-refractivity contribution >= 4 is 32.8 Å². The van der Waals surface area contributed by atoms with E-state index in [0.717, 1.165) is 15.8 Å². The molecule has 0 radical (unpaired) electrons. The Labute approximate surface area is 152 Å². The molecule has 128 valence electrons. The summed E-state index contributed by atoms with van der Waals surface area (Å²) in [6, 6.07) is 12.7. The first-order valence-corrected chi connectivity index (χ1v) is 8.29. The number of para-hydroxylation sites is 1. The Morgan fingerprint density at radius 3 is 2.76 bits per heavy atom. The van der Waals surface area contributed by atoms with Crippen LogP contribution in [0.15, 0.2) is 58.1 Å². The summed E-state index contributed by atoms with van der Waals surface area (Å²) in [5, 5.41) is 0.448. The Balaban J connectivity index is 2.11. The molecule has 0 unspecified atom stereocenters. The van der Waals surface area contributed by atoms with E-state index in [1.165, 1.54) is 13.3 Å². The van der Waals surface area contributed by atoms with Crippen LogP contribution in [0.5, 0.6) is 0 Å². The monoisotopic (exact) mass is 402 g/mol. The summed E-state index contributed by atoms with van der Waals surface area (Å²) in [5.74, 6) is -0.714. The minimum Gasteiger partial charge on any atom is -0.435 e. The second-order valence-corrected chi connectivity index (χ2v) is 6.12. The number of hydrogen-bond acceptors (Lipinski definition) is 5. The maximum Gasteiger partial charge on any atom is 0.345 e. The van der Waals surface area contributed by atoms with Gasteiger partial charge in [0.15, 0.2) is 6.79 Å². The van der Waals surface area contributed by atoms with Gasteiger partial charge in [-0.05, 0) is 40.2 Å². The van der Waals surface area contributed by atoms with Crippen molar-refractivity contribution in [3.8, 4) is 0 Å². The van der Waals surface area contributed by atoms with Crippen LogP contribution < -0.4 is 5.43 Å². The minimum absolute atomic E-state index is 0.0363. The van der Waals surface area contributed by atoms with Crippen LogP contribution in [-0.4, -0.2) is 29.4 Å². The number of halogens is 1. The molecule has 3 rings (SSSR count). The first-order valence-electron chi connectivity index (χ1n) is 7.50. The third kappa shape index (κ3) is 3.78. The van der Waals surface area contributed by atoms with Crippen molar-refractivity contribution in [3.05, 3.63) is 74.7 Å². The molecule has 0 aliphatic carbocycles. The molecule has 0 bridgehead atoms. The molecule has 0 amide bonds. The van der Waals surface area contributed by atoms with E-state index in [1.807, 2.05) is 34.9 Å². The molecule has 1 aromatic carbocycles. The molecule has 3 aromatic rings. The van der Waals surface area contributed by atoms with Gasteiger partial charge < -0.3 is 14.0 Å². The topological polar surface area (TPSA) is 70.4 Å². The van der Waals surface area contributed by atoms with Gasteiger partial charge in [-0.1, -0.05) is 18.2 Å². The summed E-state index contributed by atoms with van der Waals surface area (Å²) < 4.78 is 12.2. The predicted octanol–water partition coefficient (Wildman–Crippen LogP) is 2.97. The average molecular weight is 403 g/mol. The zero-order valence-corrected chi connectivity index (χ0v) is 15.0. The van der Waals surface area contributed by atoms with Crippen molar-refractivity contribution in [2.75, 3.05) is 13.9 Å². The smallest absolute Gasteiger partial charge is 0.345 e. The standard InChI is InChI=1S/C18H15BrN2O4/c1-24-11-25-18(23)14-10-21(9-12-5-4-8-16(19)20-12)15-7-3-2-6-13(15)17(14)22/h2-8,10H,9,11H2,1H3. The minimum atomic E-state index is -0.714. The number of rotatable bonds is 5. The number of carbonyl (C=O) groups is 1. The molecule has 0 fully saturated rings. The number of ether oxygens (including phenoxy) is 2. The van der Waals surface area contributed by atoms with Crippen LogP contribution in [-0.2, 0) is 16.0 Å². The fraction of sp³-hybridized carbons (Fsp3) is 0.167. The van der Waals surface area contributed by atoms with Crippen LogP contribution in [0.4, 0.5) is 0 Å². The molecule has 2 heterocycles. The molecule has 0 saturated carbocycles. The fourth-order valence-corrected chi connectivity index (χ4v) is 2.90. The van der Waals surface area contributed by atoms with Gasteiger partial charge in [0, 0.05) is 18.7 Å². The van der Waals surface area contributed by atoms with E-state index in [9.17, 15) is 9.59 Å². The third-order valence-corrected chi connectivity index (χ3v) is 4.06. The first kappa shape index (κ1) is 17.3. The molecule has 0 aliphatic heterocycles. The number of hydrogen-bond donors (Lipinski definition) is 0. The lowest BCUT2D eigenvalue weighted by Gasteiger charge is -2.13. The van der Waals surface area contributed by atoms with Gasteiger partial charge in [-0.25, -0.2) is 9.78 Å². The van der Waals surface area contributed by atoms with Gasteiger partial charge in [0.1, 0.15) is 10.2 Å². The summed E-state index contributed by atoms with van der Waals surface area (Å²) in [6.07, 6.45) is 1.51. The third-order valence-electron chi connectivity index (χ3n) is 3.62. The Morgan fingerprint density at radius 1 is 1.20 bits per heavy atom. The number of carbonyl (C=O) groups excluding carboxylic acids is 1. The van der Waals surface area contributed by atoms with Crippen molar-refractivity contribution < 1.29 is 14.3 Å². The highest BCUT2D eigenvalue weighted by atomic mass is 79.9. The van der Waals surface area contributed by atoms with Gasteiger partial charge in [0.05, 0.1) is 17.8 Å². The van der Waals surface area contributed by atoms with Crippen LogP contribution >= 0.6 is 15.9 Å². The first-order chi connectivity index (χ1) is 12.1. The molecule has 0 aliphatic rings. The van der Waals surface area contributed by atoms with Crippen LogP contribution in [0, 0.1) is 0 Å². The Hall–Kier alpha value is -2.51. The summed E-state index contributed by atoms with van der Waals surface area (Å²) in [6.45, 7) is 0.197. The van der Waals surface area contributed by atoms with Crippen LogP contribution in [0.3, 0.4) is 0 Å². The summed E-state index contributed by atoms with van der Waals surface area (Å²) in [4.78, 5) is 29.2. The summed E-state index contributed by atoms with van der Waals surface area (Å²) in [5.41, 5.74) is 1.11. The van der Waals surface area contributed by atoms with E-state index < -0.39 is 5.97 Å². The number of pyridine rings is 2. The van der Waals surface area contributed by atoms with E-state index in [-0.39, 0.29) is 17.8 Å². The SMILES string of the molecule is COCOC(=O)c1cn(Cc2cccc(Br)n2)c2ccccc2c1=O.